The first kappa shape index (κ1) is 36.9. The molecule has 7 atom stereocenters. The molecule has 2 aliphatic heterocycles. The normalized spacial score (nSPS) is 26.4. The molecule has 2 aliphatic rings. The molecule has 0 aliphatic carbocycles. The molecule has 2 saturated heterocycles. The molecule has 2 fully saturated rings. The van der Waals surface area contributed by atoms with E-state index in [1.165, 1.54) is 69.8 Å². The van der Waals surface area contributed by atoms with Crippen LogP contribution in [0.25, 0.3) is 0 Å². The van der Waals surface area contributed by atoms with E-state index in [2.05, 4.69) is 11.9 Å². The van der Waals surface area contributed by atoms with Crippen molar-refractivity contribution in [2.45, 2.75) is 153 Å². The lowest BCUT2D eigenvalue weighted by atomic mass is 9.98. The molecule has 3 heterocycles. The summed E-state index contributed by atoms with van der Waals surface area (Å²) in [6.45, 7) is 2.57. The number of aromatic amines is 1. The first-order valence-corrected chi connectivity index (χ1v) is 16.8. The van der Waals surface area contributed by atoms with Gasteiger partial charge >= 0.3 is 11.7 Å². The first-order chi connectivity index (χ1) is 21.7. The van der Waals surface area contributed by atoms with Gasteiger partial charge in [-0.25, -0.2) is 9.59 Å². The lowest BCUT2D eigenvalue weighted by molar-refractivity contribution is -0.155. The van der Waals surface area contributed by atoms with E-state index >= 15 is 0 Å². The molecular weight excluding hydrogens is 584 g/mol. The number of aliphatic hydroxyl groups excluding tert-OH is 2. The third-order valence-electron chi connectivity index (χ3n) is 8.84. The van der Waals surface area contributed by atoms with Crippen molar-refractivity contribution >= 4 is 11.9 Å². The van der Waals surface area contributed by atoms with E-state index in [1.807, 2.05) is 0 Å². The van der Waals surface area contributed by atoms with Crippen LogP contribution in [-0.2, 0) is 23.8 Å². The summed E-state index contributed by atoms with van der Waals surface area (Å²) in [7, 11) is 1.20. The Hall–Kier alpha value is -2.58. The molecule has 0 radical (unpaired) electrons. The van der Waals surface area contributed by atoms with E-state index in [9.17, 15) is 29.4 Å². The van der Waals surface area contributed by atoms with E-state index < -0.39 is 60.1 Å². The Kier molecular flexibility index (Phi) is 15.7. The summed E-state index contributed by atoms with van der Waals surface area (Å²) in [5.41, 5.74) is 4.26. The number of hydrogen-bond acceptors (Lipinski definition) is 10. The number of ether oxygens (including phenoxy) is 3. The number of aliphatic hydroxyl groups is 2. The molecule has 0 aromatic carbocycles. The number of aromatic nitrogens is 2. The van der Waals surface area contributed by atoms with Crippen LogP contribution < -0.4 is 17.0 Å². The molecule has 13 heteroatoms. The summed E-state index contributed by atoms with van der Waals surface area (Å²) in [6.07, 6.45) is 9.73. The number of carbonyl (C=O) groups is 2. The fourth-order valence-corrected chi connectivity index (χ4v) is 6.34. The molecule has 1 aromatic heterocycles. The number of nitrogens with two attached hydrogens (primary N) is 1. The minimum atomic E-state index is -1.58. The monoisotopic (exact) mass is 638 g/mol. The molecule has 5 N–H and O–H groups in total. The molecule has 3 rings (SSSR count). The number of unbranched alkanes of at least 4 members (excludes halogenated alkanes) is 12. The fourth-order valence-electron chi connectivity index (χ4n) is 6.34. The smallest absolute Gasteiger partial charge is 0.331 e. The summed E-state index contributed by atoms with van der Waals surface area (Å²) < 4.78 is 18.1. The van der Waals surface area contributed by atoms with Gasteiger partial charge in [0.1, 0.15) is 30.6 Å². The van der Waals surface area contributed by atoms with Crippen molar-refractivity contribution in [2.24, 2.45) is 5.73 Å². The van der Waals surface area contributed by atoms with E-state index in [0.29, 0.717) is 25.8 Å². The molecule has 0 saturated carbocycles. The lowest BCUT2D eigenvalue weighted by Crippen LogP contribution is -2.52. The van der Waals surface area contributed by atoms with Crippen molar-refractivity contribution in [3.63, 3.8) is 0 Å². The molecule has 0 unspecified atom stereocenters. The number of nitrogens with zero attached hydrogens (tertiary/aromatic N) is 2. The van der Waals surface area contributed by atoms with Crippen molar-refractivity contribution in [1.29, 1.82) is 0 Å². The van der Waals surface area contributed by atoms with Crippen LogP contribution in [0.5, 0.6) is 0 Å². The van der Waals surface area contributed by atoms with Gasteiger partial charge in [-0.2, -0.15) is 0 Å². The SMILES string of the molecule is CCCCCCCCCCCCCCCC(=O)N1[C@H](C(=O)OC)[C@H]([C@H]2O[C@@H](n3ccc(=O)[nH]c3=O)[C@H](O)[C@@H]2O)O[C@@H]1CCCN. The zero-order valence-corrected chi connectivity index (χ0v) is 26.9. The Labute approximate surface area is 265 Å². The van der Waals surface area contributed by atoms with Crippen LogP contribution in [0.1, 0.15) is 116 Å². The van der Waals surface area contributed by atoms with Crippen LogP contribution in [0.3, 0.4) is 0 Å². The second kappa shape index (κ2) is 19.2. The molecule has 0 spiro atoms. The van der Waals surface area contributed by atoms with Gasteiger partial charge in [0.05, 0.1) is 7.11 Å². The quantitative estimate of drug-likeness (QED) is 0.122. The van der Waals surface area contributed by atoms with E-state index in [1.54, 1.807) is 0 Å². The van der Waals surface area contributed by atoms with Gasteiger partial charge in [0.25, 0.3) is 5.56 Å². The van der Waals surface area contributed by atoms with Gasteiger partial charge in [-0.05, 0) is 25.8 Å². The highest BCUT2D eigenvalue weighted by Gasteiger charge is 2.58. The van der Waals surface area contributed by atoms with Crippen molar-refractivity contribution in [3.05, 3.63) is 33.1 Å². The predicted octanol–water partition coefficient (Wildman–Crippen LogP) is 2.47. The summed E-state index contributed by atoms with van der Waals surface area (Å²) >= 11 is 0. The topological polar surface area (TPSA) is 186 Å². The second-order valence-corrected chi connectivity index (χ2v) is 12.2. The summed E-state index contributed by atoms with van der Waals surface area (Å²) in [5.74, 6) is -1.02. The zero-order chi connectivity index (χ0) is 32.8. The van der Waals surface area contributed by atoms with E-state index in [0.717, 1.165) is 36.1 Å². The van der Waals surface area contributed by atoms with Gasteiger partial charge in [-0.3, -0.25) is 19.1 Å². The average Bonchev–Trinajstić information content (AvgIpc) is 3.54. The molecule has 45 heavy (non-hydrogen) atoms. The third kappa shape index (κ3) is 10.2. The number of methoxy groups -OCH3 is 1. The van der Waals surface area contributed by atoms with Gasteiger partial charge in [-0.15, -0.1) is 0 Å². The second-order valence-electron chi connectivity index (χ2n) is 12.2. The van der Waals surface area contributed by atoms with Gasteiger partial charge in [0, 0.05) is 18.7 Å². The number of nitrogens with one attached hydrogen (secondary N) is 1. The van der Waals surface area contributed by atoms with E-state index in [-0.39, 0.29) is 12.3 Å². The highest BCUT2D eigenvalue weighted by molar-refractivity contribution is 5.86. The molecular formula is C32H54N4O9. The number of amides is 1. The van der Waals surface area contributed by atoms with Gasteiger partial charge < -0.3 is 35.1 Å². The Morgan fingerprint density at radius 1 is 0.889 bits per heavy atom. The summed E-state index contributed by atoms with van der Waals surface area (Å²) in [4.78, 5) is 54.1. The standard InChI is InChI=1S/C32H54N4O9/c1-3-4-5-6-7-8-9-10-11-12-13-14-15-17-23(38)36-24(18-16-20-33)44-28(25(36)31(41)43-2)29-26(39)27(40)30(45-29)35-21-19-22(37)34-32(35)42/h19,21,24-30,39-40H,3-18,20,33H2,1-2H3,(H,34,37,42)/t24-,25+,26+,27-,28-,29+,30-/m1/s1. The number of H-pyrrole nitrogens is 1. The van der Waals surface area contributed by atoms with Gasteiger partial charge in [0.2, 0.25) is 5.91 Å². The van der Waals surface area contributed by atoms with Crippen LogP contribution in [0.4, 0.5) is 0 Å². The lowest BCUT2D eigenvalue weighted by Gasteiger charge is -2.29. The number of carbonyl (C=O) groups excluding carboxylic acids is 2. The Morgan fingerprint density at radius 2 is 1.49 bits per heavy atom. The van der Waals surface area contributed by atoms with Gasteiger partial charge in [-0.1, -0.05) is 84.0 Å². The predicted molar refractivity (Wildman–Crippen MR) is 167 cm³/mol. The Morgan fingerprint density at radius 3 is 2.04 bits per heavy atom. The Bertz CT molecular complexity index is 1160. The highest BCUT2D eigenvalue weighted by Crippen LogP contribution is 2.38. The van der Waals surface area contributed by atoms with Crippen LogP contribution in [0.15, 0.2) is 21.9 Å². The minimum absolute atomic E-state index is 0.215. The van der Waals surface area contributed by atoms with Crippen molar-refractivity contribution in [1.82, 2.24) is 14.5 Å². The Balaban J connectivity index is 1.59. The summed E-state index contributed by atoms with van der Waals surface area (Å²) in [5, 5.41) is 21.8. The largest absolute Gasteiger partial charge is 0.467 e. The molecule has 0 bridgehead atoms. The van der Waals surface area contributed by atoms with Crippen molar-refractivity contribution in [2.75, 3.05) is 13.7 Å². The number of rotatable bonds is 20. The van der Waals surface area contributed by atoms with Crippen LogP contribution in [-0.4, -0.2) is 86.9 Å². The maximum Gasteiger partial charge on any atom is 0.331 e. The summed E-state index contributed by atoms with van der Waals surface area (Å²) in [6, 6.07) is -0.162. The van der Waals surface area contributed by atoms with E-state index in [4.69, 9.17) is 19.9 Å². The van der Waals surface area contributed by atoms with Crippen LogP contribution in [0.2, 0.25) is 0 Å². The van der Waals surface area contributed by atoms with Crippen molar-refractivity contribution < 1.29 is 34.0 Å². The van der Waals surface area contributed by atoms with Crippen LogP contribution >= 0.6 is 0 Å². The third-order valence-corrected chi connectivity index (χ3v) is 8.84. The fraction of sp³-hybridized carbons (Fsp3) is 0.812. The first-order valence-electron chi connectivity index (χ1n) is 16.8. The van der Waals surface area contributed by atoms with Crippen LogP contribution in [0, 0.1) is 0 Å². The highest BCUT2D eigenvalue weighted by atomic mass is 16.6. The van der Waals surface area contributed by atoms with Crippen molar-refractivity contribution in [3.8, 4) is 0 Å². The number of esters is 1. The molecule has 1 amide bonds. The number of hydrogen-bond donors (Lipinski definition) is 4. The maximum absolute atomic E-state index is 13.6. The maximum atomic E-state index is 13.6. The minimum Gasteiger partial charge on any atom is -0.467 e. The van der Waals surface area contributed by atoms with Gasteiger partial charge in [0.15, 0.2) is 12.3 Å². The molecule has 13 nitrogen and oxygen atoms in total. The molecule has 256 valence electrons. The zero-order valence-electron chi connectivity index (χ0n) is 26.9. The average molecular weight is 639 g/mol. The molecule has 1 aromatic rings.